The third kappa shape index (κ3) is 7.19. The topological polar surface area (TPSA) is 58.2 Å². The summed E-state index contributed by atoms with van der Waals surface area (Å²) in [6, 6.07) is 9.27. The van der Waals surface area contributed by atoms with Crippen LogP contribution in [0.4, 0.5) is 11.5 Å². The molecule has 37 heavy (non-hydrogen) atoms. The summed E-state index contributed by atoms with van der Waals surface area (Å²) < 4.78 is 5.62. The van der Waals surface area contributed by atoms with Gasteiger partial charge in [0.2, 0.25) is 0 Å². The highest BCUT2D eigenvalue weighted by molar-refractivity contribution is 6.33. The molecule has 200 valence electrons. The zero-order chi connectivity index (χ0) is 26.1. The second-order valence-electron chi connectivity index (χ2n) is 10.5. The van der Waals surface area contributed by atoms with Crippen LogP contribution in [0.15, 0.2) is 30.5 Å². The Hall–Kier alpha value is -2.26. The van der Waals surface area contributed by atoms with E-state index in [0.717, 1.165) is 74.7 Å². The van der Waals surface area contributed by atoms with E-state index in [2.05, 4.69) is 70.9 Å². The highest BCUT2D eigenvalue weighted by Crippen LogP contribution is 2.37. The summed E-state index contributed by atoms with van der Waals surface area (Å²) in [6.07, 6.45) is 9.66. The quantitative estimate of drug-likeness (QED) is 0.300. The second-order valence-corrected chi connectivity index (χ2v) is 10.9. The van der Waals surface area contributed by atoms with E-state index in [1.54, 1.807) is 6.20 Å². The third-order valence-electron chi connectivity index (χ3n) is 8.04. The number of rotatable bonds is 10. The molecule has 0 spiro atoms. The summed E-state index contributed by atoms with van der Waals surface area (Å²) in [7, 11) is 0. The zero-order valence-electron chi connectivity index (χ0n) is 22.8. The molecule has 2 fully saturated rings. The van der Waals surface area contributed by atoms with Gasteiger partial charge >= 0.3 is 0 Å². The highest BCUT2D eigenvalue weighted by Gasteiger charge is 2.31. The molecule has 1 saturated heterocycles. The summed E-state index contributed by atoms with van der Waals surface area (Å²) in [5, 5.41) is 11.6. The molecule has 0 amide bonds. The molecular weight excluding hydrogens is 480 g/mol. The van der Waals surface area contributed by atoms with Crippen molar-refractivity contribution in [3.63, 3.8) is 0 Å². The largest absolute Gasteiger partial charge is 0.383 e. The van der Waals surface area contributed by atoms with Gasteiger partial charge in [-0.1, -0.05) is 43.5 Å². The monoisotopic (exact) mass is 522 g/mol. The molecule has 0 bridgehead atoms. The molecule has 1 aromatic carbocycles. The first-order valence-corrected chi connectivity index (χ1v) is 14.5. The smallest absolute Gasteiger partial charge is 0.126 e. The molecule has 2 aromatic rings. The summed E-state index contributed by atoms with van der Waals surface area (Å²) in [5.74, 6) is 8.23. The Balaban J connectivity index is 1.48. The van der Waals surface area contributed by atoms with Gasteiger partial charge in [0.05, 0.1) is 10.4 Å². The number of anilines is 2. The minimum Gasteiger partial charge on any atom is -0.383 e. The fourth-order valence-electron chi connectivity index (χ4n) is 5.87. The van der Waals surface area contributed by atoms with Crippen LogP contribution in [-0.2, 0) is 11.2 Å². The number of ether oxygens (including phenoxy) is 1. The van der Waals surface area contributed by atoms with E-state index in [9.17, 15) is 0 Å². The first-order chi connectivity index (χ1) is 18.1. The summed E-state index contributed by atoms with van der Waals surface area (Å²) in [4.78, 5) is 4.60. The molecule has 4 rings (SSSR count). The Labute approximate surface area is 228 Å². The summed E-state index contributed by atoms with van der Waals surface area (Å²) >= 11 is 6.72. The van der Waals surface area contributed by atoms with Crippen LogP contribution in [-0.4, -0.2) is 43.9 Å². The van der Waals surface area contributed by atoms with Crippen molar-refractivity contribution in [2.75, 3.05) is 43.5 Å². The Morgan fingerprint density at radius 3 is 2.57 bits per heavy atom. The number of nitrogens with zero attached hydrogens (tertiary/aromatic N) is 1. The summed E-state index contributed by atoms with van der Waals surface area (Å²) in [6.45, 7) is 10.7. The minimum absolute atomic E-state index is 0.0366. The predicted molar refractivity (Wildman–Crippen MR) is 156 cm³/mol. The lowest BCUT2D eigenvalue weighted by molar-refractivity contribution is 0.0464. The molecule has 0 radical (unpaired) electrons. The van der Waals surface area contributed by atoms with Crippen molar-refractivity contribution >= 4 is 23.1 Å². The number of nitrogens with one attached hydrogen (secondary N) is 3. The standard InChI is InChI=1S/C31H43ClN4O/c1-4-14-31(15-17-37-18-16-31)22-36-29-9-7-8-26(25(29)5-2)27-19-30(35-21-28(27)32)34-20-23-10-12-24(13-11-23)33-6-3/h7-9,19,21,23-24,33,36H,5-6,10-13,15-18,20,22H2,1-3H3,(H,34,35). The molecule has 0 atom stereocenters. The van der Waals surface area contributed by atoms with E-state index in [1.807, 2.05) is 6.92 Å². The van der Waals surface area contributed by atoms with Crippen LogP contribution in [0.25, 0.3) is 11.1 Å². The van der Waals surface area contributed by atoms with Crippen molar-refractivity contribution in [1.82, 2.24) is 10.3 Å². The number of benzene rings is 1. The molecule has 1 aliphatic carbocycles. The van der Waals surface area contributed by atoms with Gasteiger partial charge < -0.3 is 20.7 Å². The Morgan fingerprint density at radius 2 is 1.86 bits per heavy atom. The average molecular weight is 523 g/mol. The maximum absolute atomic E-state index is 6.72. The van der Waals surface area contributed by atoms with Crippen molar-refractivity contribution in [2.45, 2.75) is 71.8 Å². The normalized spacial score (nSPS) is 21.1. The van der Waals surface area contributed by atoms with Crippen LogP contribution in [0, 0.1) is 23.2 Å². The van der Waals surface area contributed by atoms with Crippen molar-refractivity contribution in [2.24, 2.45) is 11.3 Å². The van der Waals surface area contributed by atoms with Gasteiger partial charge in [-0.05, 0) is 87.6 Å². The van der Waals surface area contributed by atoms with Crippen LogP contribution in [0.2, 0.25) is 5.02 Å². The molecule has 2 heterocycles. The second kappa shape index (κ2) is 13.5. The van der Waals surface area contributed by atoms with E-state index in [1.165, 1.54) is 31.2 Å². The molecular formula is C31H43ClN4O. The fourth-order valence-corrected chi connectivity index (χ4v) is 6.08. The van der Waals surface area contributed by atoms with Gasteiger partial charge in [-0.25, -0.2) is 4.98 Å². The van der Waals surface area contributed by atoms with Gasteiger partial charge in [0.25, 0.3) is 0 Å². The van der Waals surface area contributed by atoms with E-state index >= 15 is 0 Å². The van der Waals surface area contributed by atoms with Crippen molar-refractivity contribution < 1.29 is 4.74 Å². The fraction of sp³-hybridized carbons (Fsp3) is 0.581. The van der Waals surface area contributed by atoms with E-state index in [-0.39, 0.29) is 5.41 Å². The number of aromatic nitrogens is 1. The van der Waals surface area contributed by atoms with Crippen LogP contribution < -0.4 is 16.0 Å². The Kier molecular flexibility index (Phi) is 10.1. The highest BCUT2D eigenvalue weighted by atomic mass is 35.5. The first-order valence-electron chi connectivity index (χ1n) is 14.1. The zero-order valence-corrected chi connectivity index (χ0v) is 23.5. The van der Waals surface area contributed by atoms with Crippen LogP contribution >= 0.6 is 11.6 Å². The maximum atomic E-state index is 6.72. The molecule has 0 unspecified atom stereocenters. The Bertz CT molecular complexity index is 1080. The van der Waals surface area contributed by atoms with E-state index in [0.29, 0.717) is 17.0 Å². The molecule has 2 aliphatic rings. The molecule has 1 aliphatic heterocycles. The van der Waals surface area contributed by atoms with Crippen LogP contribution in [0.3, 0.4) is 0 Å². The van der Waals surface area contributed by atoms with E-state index in [4.69, 9.17) is 16.3 Å². The molecule has 6 heteroatoms. The first kappa shape index (κ1) is 27.8. The number of pyridine rings is 1. The van der Waals surface area contributed by atoms with Gasteiger partial charge in [-0.15, -0.1) is 5.92 Å². The lowest BCUT2D eigenvalue weighted by Crippen LogP contribution is -2.35. The van der Waals surface area contributed by atoms with Crippen molar-refractivity contribution in [3.8, 4) is 23.0 Å². The van der Waals surface area contributed by atoms with Gasteiger partial charge in [-0.3, -0.25) is 0 Å². The number of hydrogen-bond donors (Lipinski definition) is 3. The third-order valence-corrected chi connectivity index (χ3v) is 8.34. The Morgan fingerprint density at radius 1 is 1.08 bits per heavy atom. The van der Waals surface area contributed by atoms with Crippen LogP contribution in [0.5, 0.6) is 0 Å². The minimum atomic E-state index is -0.0366. The van der Waals surface area contributed by atoms with Gasteiger partial charge in [0.15, 0.2) is 0 Å². The predicted octanol–water partition coefficient (Wildman–Crippen LogP) is 6.78. The molecule has 5 nitrogen and oxygen atoms in total. The molecule has 3 N–H and O–H groups in total. The number of hydrogen-bond acceptors (Lipinski definition) is 5. The van der Waals surface area contributed by atoms with Gasteiger partial charge in [-0.2, -0.15) is 0 Å². The van der Waals surface area contributed by atoms with Gasteiger partial charge in [0.1, 0.15) is 5.82 Å². The lowest BCUT2D eigenvalue weighted by atomic mass is 9.80. The molecule has 1 aromatic heterocycles. The lowest BCUT2D eigenvalue weighted by Gasteiger charge is -2.33. The van der Waals surface area contributed by atoms with E-state index < -0.39 is 0 Å². The maximum Gasteiger partial charge on any atom is 0.126 e. The SMILES string of the molecule is CC#CC1(CNc2cccc(-c3cc(NCC4CCC(NCC)CC4)ncc3Cl)c2CC)CCOCC1. The molecule has 1 saturated carbocycles. The van der Waals surface area contributed by atoms with Crippen molar-refractivity contribution in [3.05, 3.63) is 41.0 Å². The van der Waals surface area contributed by atoms with Crippen molar-refractivity contribution in [1.29, 1.82) is 0 Å². The van der Waals surface area contributed by atoms with Gasteiger partial charge in [0, 0.05) is 49.8 Å². The van der Waals surface area contributed by atoms with Crippen LogP contribution in [0.1, 0.15) is 64.9 Å². The summed E-state index contributed by atoms with van der Waals surface area (Å²) in [5.41, 5.74) is 4.59. The average Bonchev–Trinajstić information content (AvgIpc) is 2.93. The number of halogens is 1.